The third-order valence-electron chi connectivity index (χ3n) is 5.69. The van der Waals surface area contributed by atoms with Crippen molar-refractivity contribution in [1.82, 2.24) is 25.1 Å². The van der Waals surface area contributed by atoms with Crippen LogP contribution in [0.5, 0.6) is 5.75 Å². The highest BCUT2D eigenvalue weighted by Crippen LogP contribution is 2.34. The number of ether oxygens (including phenoxy) is 1. The Bertz CT molecular complexity index is 1010. The number of aromatic nitrogens is 2. The molecule has 2 aromatic rings. The van der Waals surface area contributed by atoms with Gasteiger partial charge in [-0.2, -0.15) is 0 Å². The van der Waals surface area contributed by atoms with E-state index in [1.807, 2.05) is 32.4 Å². The van der Waals surface area contributed by atoms with Crippen LogP contribution in [0.2, 0.25) is 0 Å². The number of amides is 2. The predicted molar refractivity (Wildman–Crippen MR) is 120 cm³/mol. The largest absolute Gasteiger partial charge is 0.493 e. The zero-order valence-corrected chi connectivity index (χ0v) is 19.6. The summed E-state index contributed by atoms with van der Waals surface area (Å²) in [4.78, 5) is 32.6. The molecule has 2 heterocycles. The molecule has 2 amide bonds. The normalized spacial score (nSPS) is 15.5. The van der Waals surface area contributed by atoms with Crippen LogP contribution >= 0.6 is 0 Å². The molecule has 2 N–H and O–H groups in total. The molecular formula is C23H32FN5O3. The minimum atomic E-state index is -0.743. The molecule has 0 fully saturated rings. The predicted octanol–water partition coefficient (Wildman–Crippen LogP) is 2.42. The van der Waals surface area contributed by atoms with Crippen LogP contribution in [0.1, 0.15) is 43.4 Å². The lowest BCUT2D eigenvalue weighted by atomic mass is 9.86. The maximum Gasteiger partial charge on any atom is 0.272 e. The van der Waals surface area contributed by atoms with Crippen LogP contribution in [0.4, 0.5) is 4.39 Å². The maximum atomic E-state index is 14.4. The highest BCUT2D eigenvalue weighted by atomic mass is 19.1. The fraction of sp³-hybridized carbons (Fsp3) is 0.522. The summed E-state index contributed by atoms with van der Waals surface area (Å²) in [7, 11) is 4.93. The number of likely N-dealkylation sites (N-methyl/N-ethyl adjacent to an activating group) is 1. The summed E-state index contributed by atoms with van der Waals surface area (Å²) in [5, 5.41) is 5.48. The van der Waals surface area contributed by atoms with Crippen molar-refractivity contribution in [1.29, 1.82) is 0 Å². The summed E-state index contributed by atoms with van der Waals surface area (Å²) in [5.74, 6) is -0.646. The Labute approximate surface area is 188 Å². The molecule has 32 heavy (non-hydrogen) atoms. The summed E-state index contributed by atoms with van der Waals surface area (Å²) >= 11 is 0. The Morgan fingerprint density at radius 2 is 1.97 bits per heavy atom. The van der Waals surface area contributed by atoms with E-state index in [1.54, 1.807) is 19.2 Å². The van der Waals surface area contributed by atoms with Crippen molar-refractivity contribution in [3.8, 4) is 17.1 Å². The summed E-state index contributed by atoms with van der Waals surface area (Å²) < 4.78 is 21.7. The summed E-state index contributed by atoms with van der Waals surface area (Å²) in [5.41, 5.74) is 0.945. The van der Waals surface area contributed by atoms with Crippen molar-refractivity contribution in [3.63, 3.8) is 0 Å². The number of benzene rings is 1. The van der Waals surface area contributed by atoms with Crippen LogP contribution in [0.25, 0.3) is 11.4 Å². The van der Waals surface area contributed by atoms with Gasteiger partial charge in [0.25, 0.3) is 5.91 Å². The molecule has 1 atom stereocenters. The molecule has 0 unspecified atom stereocenters. The number of methoxy groups -OCH3 is 1. The first-order chi connectivity index (χ1) is 15.1. The van der Waals surface area contributed by atoms with Crippen LogP contribution < -0.4 is 15.4 Å². The standard InChI is InChI=1S/C23H32FN5O3/c1-23(2,3)19(22(31)25-4)27-21(30)17-16-13-28(5)11-8-12-29(16)20(26-17)14-9-7-10-15(24)18(14)32-6/h7,9-10,19H,8,11-13H2,1-6H3,(H,25,31)(H,27,30)/t19-/m1/s1. The Kier molecular flexibility index (Phi) is 6.88. The molecule has 0 radical (unpaired) electrons. The van der Waals surface area contributed by atoms with Gasteiger partial charge in [0, 0.05) is 20.1 Å². The van der Waals surface area contributed by atoms with Crippen LogP contribution in [0.15, 0.2) is 18.2 Å². The van der Waals surface area contributed by atoms with E-state index in [2.05, 4.69) is 20.5 Å². The number of nitrogens with one attached hydrogen (secondary N) is 2. The SMILES string of the molecule is CNC(=O)[C@@H](NC(=O)c1nc(-c2cccc(F)c2OC)n2c1CN(C)CCC2)C(C)(C)C. The average molecular weight is 446 g/mol. The van der Waals surface area contributed by atoms with E-state index in [0.29, 0.717) is 24.5 Å². The third kappa shape index (κ3) is 4.62. The molecule has 0 saturated carbocycles. The van der Waals surface area contributed by atoms with Crippen molar-refractivity contribution >= 4 is 11.8 Å². The topological polar surface area (TPSA) is 88.5 Å². The van der Waals surface area contributed by atoms with Crippen molar-refractivity contribution in [2.45, 2.75) is 46.3 Å². The molecule has 1 aromatic heterocycles. The van der Waals surface area contributed by atoms with Gasteiger partial charge in [0.2, 0.25) is 5.91 Å². The molecule has 0 bridgehead atoms. The van der Waals surface area contributed by atoms with E-state index >= 15 is 0 Å². The van der Waals surface area contributed by atoms with Crippen LogP contribution in [0, 0.1) is 11.2 Å². The van der Waals surface area contributed by atoms with Gasteiger partial charge in [0.15, 0.2) is 17.3 Å². The number of carbonyl (C=O) groups excluding carboxylic acids is 2. The first-order valence-corrected chi connectivity index (χ1v) is 10.7. The average Bonchev–Trinajstić information content (AvgIpc) is 2.96. The van der Waals surface area contributed by atoms with E-state index in [4.69, 9.17) is 4.74 Å². The molecule has 1 aliphatic heterocycles. The van der Waals surface area contributed by atoms with Gasteiger partial charge >= 0.3 is 0 Å². The van der Waals surface area contributed by atoms with Gasteiger partial charge in [-0.05, 0) is 37.6 Å². The molecule has 9 heteroatoms. The number of nitrogens with zero attached hydrogens (tertiary/aromatic N) is 3. The van der Waals surface area contributed by atoms with E-state index in [9.17, 15) is 14.0 Å². The van der Waals surface area contributed by atoms with Gasteiger partial charge in [0.1, 0.15) is 11.9 Å². The number of para-hydroxylation sites is 1. The lowest BCUT2D eigenvalue weighted by molar-refractivity contribution is -0.124. The highest BCUT2D eigenvalue weighted by molar-refractivity contribution is 5.98. The number of imidazole rings is 1. The van der Waals surface area contributed by atoms with Gasteiger partial charge in [-0.25, -0.2) is 9.37 Å². The molecule has 1 aliphatic rings. The van der Waals surface area contributed by atoms with Crippen molar-refractivity contribution < 1.29 is 18.7 Å². The first-order valence-electron chi connectivity index (χ1n) is 10.7. The monoisotopic (exact) mass is 445 g/mol. The number of rotatable bonds is 5. The van der Waals surface area contributed by atoms with Crippen LogP contribution in [-0.2, 0) is 17.9 Å². The number of halogens is 1. The minimum absolute atomic E-state index is 0.0859. The first kappa shape index (κ1) is 23.7. The summed E-state index contributed by atoms with van der Waals surface area (Å²) in [6.07, 6.45) is 0.856. The van der Waals surface area contributed by atoms with Crippen molar-refractivity contribution in [2.75, 3.05) is 27.7 Å². The fourth-order valence-corrected chi connectivity index (χ4v) is 4.02. The van der Waals surface area contributed by atoms with E-state index < -0.39 is 23.2 Å². The van der Waals surface area contributed by atoms with Crippen LogP contribution in [0.3, 0.4) is 0 Å². The smallest absolute Gasteiger partial charge is 0.272 e. The molecule has 0 spiro atoms. The molecule has 0 saturated heterocycles. The molecular weight excluding hydrogens is 413 g/mol. The maximum absolute atomic E-state index is 14.4. The molecule has 174 valence electrons. The zero-order chi connectivity index (χ0) is 23.6. The van der Waals surface area contributed by atoms with E-state index in [-0.39, 0.29) is 17.4 Å². The van der Waals surface area contributed by atoms with E-state index in [1.165, 1.54) is 13.2 Å². The van der Waals surface area contributed by atoms with Gasteiger partial charge in [-0.1, -0.05) is 26.8 Å². The summed E-state index contributed by atoms with van der Waals surface area (Å²) in [6, 6.07) is 3.91. The molecule has 0 aliphatic carbocycles. The number of carbonyl (C=O) groups is 2. The Balaban J connectivity index is 2.12. The Morgan fingerprint density at radius 1 is 1.25 bits per heavy atom. The molecule has 3 rings (SSSR count). The second-order valence-electron chi connectivity index (χ2n) is 9.18. The Morgan fingerprint density at radius 3 is 2.59 bits per heavy atom. The van der Waals surface area contributed by atoms with Gasteiger partial charge in [0.05, 0.1) is 18.4 Å². The second kappa shape index (κ2) is 9.28. The van der Waals surface area contributed by atoms with Crippen molar-refractivity contribution in [3.05, 3.63) is 35.4 Å². The fourth-order valence-electron chi connectivity index (χ4n) is 4.02. The van der Waals surface area contributed by atoms with E-state index in [0.717, 1.165) is 18.7 Å². The minimum Gasteiger partial charge on any atom is -0.493 e. The number of fused-ring (bicyclic) bond motifs is 1. The third-order valence-corrected chi connectivity index (χ3v) is 5.69. The van der Waals surface area contributed by atoms with Gasteiger partial charge in [-0.15, -0.1) is 0 Å². The second-order valence-corrected chi connectivity index (χ2v) is 9.18. The van der Waals surface area contributed by atoms with Crippen molar-refractivity contribution in [2.24, 2.45) is 5.41 Å². The van der Waals surface area contributed by atoms with Crippen LogP contribution in [-0.4, -0.2) is 60.1 Å². The number of hydrogen-bond donors (Lipinski definition) is 2. The van der Waals surface area contributed by atoms with Gasteiger partial charge < -0.3 is 24.8 Å². The lowest BCUT2D eigenvalue weighted by Crippen LogP contribution is -2.53. The Hall–Kier alpha value is -2.94. The molecule has 8 nitrogen and oxygen atoms in total. The molecule has 1 aromatic carbocycles. The quantitative estimate of drug-likeness (QED) is 0.738. The summed E-state index contributed by atoms with van der Waals surface area (Å²) in [6.45, 7) is 7.65. The van der Waals surface area contributed by atoms with Gasteiger partial charge in [-0.3, -0.25) is 9.59 Å². The lowest BCUT2D eigenvalue weighted by Gasteiger charge is -2.29. The number of hydrogen-bond acceptors (Lipinski definition) is 5. The zero-order valence-electron chi connectivity index (χ0n) is 19.6. The highest BCUT2D eigenvalue weighted by Gasteiger charge is 2.35.